The quantitative estimate of drug-likeness (QED) is 0.404. The smallest absolute Gasteiger partial charge is 0.225 e. The van der Waals surface area contributed by atoms with Gasteiger partial charge in [-0.05, 0) is 36.8 Å². The summed E-state index contributed by atoms with van der Waals surface area (Å²) in [5.41, 5.74) is 2.16. The van der Waals surface area contributed by atoms with E-state index in [1.165, 1.54) is 0 Å². The molecule has 7 heteroatoms. The van der Waals surface area contributed by atoms with E-state index >= 15 is 0 Å². The SMILES string of the molecule is CCCCCC(=O)Nc1cc(-c2ccc(Cl)cc2)nn1-c1cc(Cl)ccc1Cl. The molecule has 3 aromatic rings. The zero-order chi connectivity index (χ0) is 20.1. The monoisotopic (exact) mass is 435 g/mol. The highest BCUT2D eigenvalue weighted by molar-refractivity contribution is 6.34. The summed E-state index contributed by atoms with van der Waals surface area (Å²) in [6.07, 6.45) is 3.38. The third-order valence-electron chi connectivity index (χ3n) is 4.26. The van der Waals surface area contributed by atoms with Crippen molar-refractivity contribution in [3.63, 3.8) is 0 Å². The second kappa shape index (κ2) is 9.46. The lowest BCUT2D eigenvalue weighted by molar-refractivity contribution is -0.116. The summed E-state index contributed by atoms with van der Waals surface area (Å²) < 4.78 is 1.61. The Morgan fingerprint density at radius 3 is 2.43 bits per heavy atom. The molecule has 146 valence electrons. The number of unbranched alkanes of at least 4 members (excludes halogenated alkanes) is 2. The van der Waals surface area contributed by atoms with E-state index in [1.54, 1.807) is 35.0 Å². The number of aromatic nitrogens is 2. The molecule has 2 aromatic carbocycles. The zero-order valence-corrected chi connectivity index (χ0v) is 17.7. The molecule has 0 atom stereocenters. The molecule has 1 amide bonds. The zero-order valence-electron chi connectivity index (χ0n) is 15.4. The maximum absolute atomic E-state index is 12.4. The molecule has 0 aliphatic heterocycles. The fraction of sp³-hybridized carbons (Fsp3) is 0.238. The van der Waals surface area contributed by atoms with Gasteiger partial charge in [-0.2, -0.15) is 5.10 Å². The Balaban J connectivity index is 1.99. The Bertz CT molecular complexity index is 968. The summed E-state index contributed by atoms with van der Waals surface area (Å²) in [6.45, 7) is 2.10. The van der Waals surface area contributed by atoms with Crippen LogP contribution in [0.3, 0.4) is 0 Å². The Morgan fingerprint density at radius 2 is 1.71 bits per heavy atom. The van der Waals surface area contributed by atoms with E-state index in [9.17, 15) is 4.79 Å². The summed E-state index contributed by atoms with van der Waals surface area (Å²) in [6, 6.07) is 14.3. The largest absolute Gasteiger partial charge is 0.311 e. The van der Waals surface area contributed by atoms with Crippen LogP contribution in [0.15, 0.2) is 48.5 Å². The van der Waals surface area contributed by atoms with E-state index in [0.717, 1.165) is 24.8 Å². The molecule has 0 fully saturated rings. The van der Waals surface area contributed by atoms with Crippen LogP contribution in [0.1, 0.15) is 32.6 Å². The molecular weight excluding hydrogens is 417 g/mol. The first-order valence-electron chi connectivity index (χ1n) is 9.09. The Labute approximate surface area is 179 Å². The maximum atomic E-state index is 12.4. The van der Waals surface area contributed by atoms with Crippen molar-refractivity contribution >= 4 is 46.5 Å². The summed E-state index contributed by atoms with van der Waals surface area (Å²) >= 11 is 18.5. The van der Waals surface area contributed by atoms with Crippen LogP contribution in [0.4, 0.5) is 5.82 Å². The molecule has 0 radical (unpaired) electrons. The number of anilines is 1. The lowest BCUT2D eigenvalue weighted by Gasteiger charge is -2.10. The molecule has 3 rings (SSSR count). The van der Waals surface area contributed by atoms with Crippen LogP contribution < -0.4 is 5.32 Å². The molecular formula is C21H20Cl3N3O. The van der Waals surface area contributed by atoms with Gasteiger partial charge < -0.3 is 5.32 Å². The lowest BCUT2D eigenvalue weighted by Crippen LogP contribution is -2.14. The van der Waals surface area contributed by atoms with Gasteiger partial charge >= 0.3 is 0 Å². The van der Waals surface area contributed by atoms with E-state index in [4.69, 9.17) is 34.8 Å². The lowest BCUT2D eigenvalue weighted by atomic mass is 10.1. The molecule has 0 spiro atoms. The Hall–Kier alpha value is -2.01. The van der Waals surface area contributed by atoms with E-state index in [2.05, 4.69) is 17.3 Å². The van der Waals surface area contributed by atoms with Crippen molar-refractivity contribution in [2.24, 2.45) is 0 Å². The van der Waals surface area contributed by atoms with E-state index < -0.39 is 0 Å². The summed E-state index contributed by atoms with van der Waals surface area (Å²) in [5, 5.41) is 9.26. The average Bonchev–Trinajstić information content (AvgIpc) is 3.08. The number of nitrogens with zero attached hydrogens (tertiary/aromatic N) is 2. The highest BCUT2D eigenvalue weighted by Gasteiger charge is 2.16. The third kappa shape index (κ3) is 5.07. The van der Waals surface area contributed by atoms with Gasteiger partial charge in [0.2, 0.25) is 5.91 Å². The predicted molar refractivity (Wildman–Crippen MR) is 117 cm³/mol. The number of halogens is 3. The van der Waals surface area contributed by atoms with Gasteiger partial charge in [-0.3, -0.25) is 4.79 Å². The first-order valence-corrected chi connectivity index (χ1v) is 10.2. The van der Waals surface area contributed by atoms with Crippen LogP contribution in [-0.4, -0.2) is 15.7 Å². The van der Waals surface area contributed by atoms with Gasteiger partial charge in [-0.1, -0.05) is 66.7 Å². The van der Waals surface area contributed by atoms with Crippen molar-refractivity contribution in [1.29, 1.82) is 0 Å². The molecule has 0 aliphatic rings. The summed E-state index contributed by atoms with van der Waals surface area (Å²) in [7, 11) is 0. The topological polar surface area (TPSA) is 46.9 Å². The molecule has 0 saturated heterocycles. The van der Waals surface area contributed by atoms with Gasteiger partial charge in [0.05, 0.1) is 16.4 Å². The maximum Gasteiger partial charge on any atom is 0.225 e. The van der Waals surface area contributed by atoms with Gasteiger partial charge in [0, 0.05) is 28.1 Å². The third-order valence-corrected chi connectivity index (χ3v) is 5.07. The van der Waals surface area contributed by atoms with Crippen molar-refractivity contribution in [3.8, 4) is 16.9 Å². The van der Waals surface area contributed by atoms with E-state index in [-0.39, 0.29) is 5.91 Å². The molecule has 0 unspecified atom stereocenters. The average molecular weight is 437 g/mol. The van der Waals surface area contributed by atoms with Crippen molar-refractivity contribution in [3.05, 3.63) is 63.6 Å². The fourth-order valence-electron chi connectivity index (χ4n) is 2.80. The Morgan fingerprint density at radius 1 is 1.00 bits per heavy atom. The normalized spacial score (nSPS) is 10.9. The first-order chi connectivity index (χ1) is 13.5. The van der Waals surface area contributed by atoms with Crippen molar-refractivity contribution in [2.75, 3.05) is 5.32 Å². The van der Waals surface area contributed by atoms with Gasteiger partial charge in [-0.15, -0.1) is 0 Å². The van der Waals surface area contributed by atoms with Gasteiger partial charge in [0.15, 0.2) is 0 Å². The van der Waals surface area contributed by atoms with Crippen LogP contribution in [0.5, 0.6) is 0 Å². The van der Waals surface area contributed by atoms with Crippen molar-refractivity contribution in [2.45, 2.75) is 32.6 Å². The molecule has 1 heterocycles. The van der Waals surface area contributed by atoms with Gasteiger partial charge in [0.25, 0.3) is 0 Å². The van der Waals surface area contributed by atoms with Crippen LogP contribution in [-0.2, 0) is 4.79 Å². The number of rotatable bonds is 7. The predicted octanol–water partition coefficient (Wildman–Crippen LogP) is 7.02. The van der Waals surface area contributed by atoms with Crippen molar-refractivity contribution < 1.29 is 4.79 Å². The summed E-state index contributed by atoms with van der Waals surface area (Å²) in [4.78, 5) is 12.4. The van der Waals surface area contributed by atoms with E-state index in [1.807, 2.05) is 18.2 Å². The molecule has 1 N–H and O–H groups in total. The minimum atomic E-state index is -0.0598. The van der Waals surface area contributed by atoms with Crippen LogP contribution in [0.2, 0.25) is 15.1 Å². The van der Waals surface area contributed by atoms with Crippen molar-refractivity contribution in [1.82, 2.24) is 9.78 Å². The second-order valence-corrected chi connectivity index (χ2v) is 7.71. The summed E-state index contributed by atoms with van der Waals surface area (Å²) in [5.74, 6) is 0.478. The molecule has 1 aromatic heterocycles. The fourth-order valence-corrected chi connectivity index (χ4v) is 3.29. The molecule has 0 bridgehead atoms. The molecule has 28 heavy (non-hydrogen) atoms. The molecule has 0 aliphatic carbocycles. The van der Waals surface area contributed by atoms with E-state index in [0.29, 0.717) is 38.7 Å². The van der Waals surface area contributed by atoms with Crippen LogP contribution in [0, 0.1) is 0 Å². The number of hydrogen-bond acceptors (Lipinski definition) is 2. The molecule has 4 nitrogen and oxygen atoms in total. The van der Waals surface area contributed by atoms with Gasteiger partial charge in [0.1, 0.15) is 5.82 Å². The minimum absolute atomic E-state index is 0.0598. The highest BCUT2D eigenvalue weighted by atomic mass is 35.5. The molecule has 0 saturated carbocycles. The number of carbonyl (C=O) groups is 1. The van der Waals surface area contributed by atoms with Gasteiger partial charge in [-0.25, -0.2) is 4.68 Å². The van der Waals surface area contributed by atoms with Crippen LogP contribution in [0.25, 0.3) is 16.9 Å². The Kier molecular flexibility index (Phi) is 7.00. The minimum Gasteiger partial charge on any atom is -0.311 e. The second-order valence-electron chi connectivity index (χ2n) is 6.43. The first kappa shape index (κ1) is 20.7. The number of nitrogens with one attached hydrogen (secondary N) is 1. The van der Waals surface area contributed by atoms with Crippen LogP contribution >= 0.6 is 34.8 Å². The number of hydrogen-bond donors (Lipinski definition) is 1. The number of benzene rings is 2. The highest BCUT2D eigenvalue weighted by Crippen LogP contribution is 2.30. The standard InChI is InChI=1S/C21H20Cl3N3O/c1-2-3-4-5-21(28)25-20-13-18(14-6-8-15(22)9-7-14)26-27(20)19-12-16(23)10-11-17(19)24/h6-13H,2-5H2,1H3,(H,25,28). The number of carbonyl (C=O) groups excluding carboxylic acids is 1. The number of amides is 1.